The summed E-state index contributed by atoms with van der Waals surface area (Å²) in [6, 6.07) is 48.8. The maximum atomic E-state index is 2.60. The maximum Gasteiger partial charge on any atom is 0.0551 e. The second-order valence-corrected chi connectivity index (χ2v) is 11.8. The third-order valence-electron chi connectivity index (χ3n) is 9.23. The molecule has 44 heavy (non-hydrogen) atoms. The summed E-state index contributed by atoms with van der Waals surface area (Å²) in [5, 5.41) is 0. The van der Waals surface area contributed by atoms with E-state index >= 15 is 0 Å². The zero-order valence-corrected chi connectivity index (χ0v) is 24.5. The summed E-state index contributed by atoms with van der Waals surface area (Å²) in [7, 11) is 0. The monoisotopic (exact) mass is 566 g/mol. The smallest absolute Gasteiger partial charge is 0.0551 e. The molecule has 1 heterocycles. The third kappa shape index (κ3) is 4.79. The number of anilines is 4. The van der Waals surface area contributed by atoms with Crippen LogP contribution in [-0.2, 0) is 0 Å². The molecule has 1 saturated heterocycles. The Morgan fingerprint density at radius 2 is 0.864 bits per heavy atom. The topological polar surface area (TPSA) is 6.48 Å². The molecular formula is C42H34N2. The van der Waals surface area contributed by atoms with Crippen molar-refractivity contribution >= 4 is 22.7 Å². The van der Waals surface area contributed by atoms with Crippen LogP contribution in [0.25, 0.3) is 22.3 Å². The van der Waals surface area contributed by atoms with Crippen LogP contribution in [0, 0.1) is 11.8 Å². The summed E-state index contributed by atoms with van der Waals surface area (Å²) >= 11 is 0. The van der Waals surface area contributed by atoms with Gasteiger partial charge in [0, 0.05) is 34.6 Å². The van der Waals surface area contributed by atoms with Crippen LogP contribution in [0.5, 0.6) is 0 Å². The second kappa shape index (κ2) is 11.4. The maximum absolute atomic E-state index is 2.60. The van der Waals surface area contributed by atoms with Crippen molar-refractivity contribution in [2.75, 3.05) is 9.80 Å². The molecule has 4 atom stereocenters. The van der Waals surface area contributed by atoms with E-state index < -0.39 is 0 Å². The second-order valence-electron chi connectivity index (χ2n) is 11.8. The quantitative estimate of drug-likeness (QED) is 0.202. The molecule has 212 valence electrons. The Morgan fingerprint density at radius 1 is 0.386 bits per heavy atom. The number of benzene rings is 5. The van der Waals surface area contributed by atoms with Crippen LogP contribution in [0.2, 0.25) is 0 Å². The highest BCUT2D eigenvalue weighted by atomic mass is 15.2. The van der Waals surface area contributed by atoms with Gasteiger partial charge in [-0.25, -0.2) is 0 Å². The van der Waals surface area contributed by atoms with E-state index in [1.807, 2.05) is 0 Å². The zero-order valence-electron chi connectivity index (χ0n) is 24.5. The molecule has 2 aliphatic carbocycles. The molecule has 1 fully saturated rings. The fraction of sp³-hybridized carbons (Fsp3) is 0.0952. The van der Waals surface area contributed by atoms with Crippen molar-refractivity contribution in [3.8, 4) is 22.3 Å². The van der Waals surface area contributed by atoms with E-state index in [0.29, 0.717) is 23.9 Å². The Kier molecular flexibility index (Phi) is 6.81. The Bertz CT molecular complexity index is 1830. The largest absolute Gasteiger partial charge is 0.357 e. The first-order valence-corrected chi connectivity index (χ1v) is 15.5. The minimum Gasteiger partial charge on any atom is -0.357 e. The lowest BCUT2D eigenvalue weighted by molar-refractivity contribution is 0.527. The van der Waals surface area contributed by atoms with Crippen molar-refractivity contribution in [3.63, 3.8) is 0 Å². The van der Waals surface area contributed by atoms with Crippen molar-refractivity contribution in [2.24, 2.45) is 11.8 Å². The van der Waals surface area contributed by atoms with E-state index in [1.54, 1.807) is 0 Å². The summed E-state index contributed by atoms with van der Waals surface area (Å²) in [5.74, 6) is 1.03. The Balaban J connectivity index is 1.09. The first-order chi connectivity index (χ1) is 21.8. The predicted molar refractivity (Wildman–Crippen MR) is 186 cm³/mol. The number of allylic oxidation sites excluding steroid dienone is 4. The van der Waals surface area contributed by atoms with E-state index in [1.165, 1.54) is 27.9 Å². The van der Waals surface area contributed by atoms with Crippen molar-refractivity contribution < 1.29 is 0 Å². The highest BCUT2D eigenvalue weighted by Crippen LogP contribution is 2.44. The van der Waals surface area contributed by atoms with Gasteiger partial charge in [0.1, 0.15) is 0 Å². The van der Waals surface area contributed by atoms with Crippen molar-refractivity contribution in [1.82, 2.24) is 0 Å². The zero-order chi connectivity index (χ0) is 29.3. The molecule has 0 saturated carbocycles. The van der Waals surface area contributed by atoms with Gasteiger partial charge in [-0.3, -0.25) is 0 Å². The molecule has 1 aliphatic heterocycles. The number of hydrogen-bond donors (Lipinski definition) is 0. The summed E-state index contributed by atoms with van der Waals surface area (Å²) < 4.78 is 0. The summed E-state index contributed by atoms with van der Waals surface area (Å²) in [6.45, 7) is 0. The van der Waals surface area contributed by atoms with E-state index in [0.717, 1.165) is 17.1 Å². The van der Waals surface area contributed by atoms with E-state index in [4.69, 9.17) is 0 Å². The average molecular weight is 567 g/mol. The average Bonchev–Trinajstić information content (AvgIpc) is 3.44. The molecule has 5 aromatic carbocycles. The Morgan fingerprint density at radius 3 is 1.50 bits per heavy atom. The van der Waals surface area contributed by atoms with Gasteiger partial charge in [-0.2, -0.15) is 0 Å². The molecule has 2 heteroatoms. The van der Waals surface area contributed by atoms with E-state index in [9.17, 15) is 0 Å². The summed E-state index contributed by atoms with van der Waals surface area (Å²) in [4.78, 5) is 4.93. The van der Waals surface area contributed by atoms with Gasteiger partial charge in [0.2, 0.25) is 0 Å². The van der Waals surface area contributed by atoms with Crippen molar-refractivity contribution in [3.05, 3.63) is 182 Å². The number of rotatable bonds is 6. The summed E-state index contributed by atoms with van der Waals surface area (Å²) in [6.07, 6.45) is 18.3. The van der Waals surface area contributed by atoms with E-state index in [-0.39, 0.29) is 0 Å². The van der Waals surface area contributed by atoms with Gasteiger partial charge in [0.25, 0.3) is 0 Å². The lowest BCUT2D eigenvalue weighted by Crippen LogP contribution is -2.36. The van der Waals surface area contributed by atoms with Gasteiger partial charge >= 0.3 is 0 Å². The molecular weight excluding hydrogens is 532 g/mol. The molecule has 0 radical (unpaired) electrons. The Labute approximate surface area is 260 Å². The van der Waals surface area contributed by atoms with Crippen LogP contribution in [0.4, 0.5) is 22.7 Å². The molecule has 4 unspecified atom stereocenters. The first kappa shape index (κ1) is 26.3. The van der Waals surface area contributed by atoms with Gasteiger partial charge < -0.3 is 9.80 Å². The molecule has 2 nitrogen and oxygen atoms in total. The standard InChI is InChI=1S/C42H34N2/c1-3-12-31(13-4-1)34-14-11-17-38(30-34)43(35-15-5-2-6-16-35)36-26-22-32(23-27-36)33-24-28-37(29-25-33)44-41-20-9-7-18-39(41)40-19-8-10-21-42(40)44/h1-30,39-42H. The fourth-order valence-corrected chi connectivity index (χ4v) is 7.14. The first-order valence-electron chi connectivity index (χ1n) is 15.5. The van der Waals surface area contributed by atoms with Gasteiger partial charge in [-0.1, -0.05) is 134 Å². The number of nitrogens with zero attached hydrogens (tertiary/aromatic N) is 2. The molecule has 0 amide bonds. The van der Waals surface area contributed by atoms with Crippen molar-refractivity contribution in [1.29, 1.82) is 0 Å². The van der Waals surface area contributed by atoms with Crippen LogP contribution in [0.3, 0.4) is 0 Å². The Hall–Kier alpha value is -5.34. The highest BCUT2D eigenvalue weighted by molar-refractivity contribution is 5.81. The van der Waals surface area contributed by atoms with E-state index in [2.05, 4.69) is 192 Å². The molecule has 0 bridgehead atoms. The van der Waals surface area contributed by atoms with Crippen LogP contribution >= 0.6 is 0 Å². The summed E-state index contributed by atoms with van der Waals surface area (Å²) in [5.41, 5.74) is 9.54. The fourth-order valence-electron chi connectivity index (χ4n) is 7.14. The molecule has 0 N–H and O–H groups in total. The minimum absolute atomic E-state index is 0.386. The SMILES string of the molecule is C1=CC2C3C=CC=CC3N(c3ccc(-c4ccc(N(c5ccccc5)c5cccc(-c6ccccc6)c5)cc4)cc3)C2C=C1. The lowest BCUT2D eigenvalue weighted by atomic mass is 9.83. The third-order valence-corrected chi connectivity index (χ3v) is 9.23. The van der Waals surface area contributed by atoms with Gasteiger partial charge in [0.15, 0.2) is 0 Å². The van der Waals surface area contributed by atoms with Gasteiger partial charge in [0.05, 0.1) is 12.1 Å². The predicted octanol–water partition coefficient (Wildman–Crippen LogP) is 10.5. The number of hydrogen-bond acceptors (Lipinski definition) is 2. The van der Waals surface area contributed by atoms with Crippen LogP contribution in [0.15, 0.2) is 182 Å². The van der Waals surface area contributed by atoms with Crippen LogP contribution in [-0.4, -0.2) is 12.1 Å². The number of para-hydroxylation sites is 1. The number of fused-ring (bicyclic) bond motifs is 3. The molecule has 3 aliphatic rings. The minimum atomic E-state index is 0.386. The molecule has 5 aromatic rings. The molecule has 0 aromatic heterocycles. The van der Waals surface area contributed by atoms with Crippen LogP contribution in [0.1, 0.15) is 0 Å². The normalized spacial score (nSPS) is 21.2. The molecule has 0 spiro atoms. The molecule has 8 rings (SSSR count). The van der Waals surface area contributed by atoms with Gasteiger partial charge in [-0.15, -0.1) is 0 Å². The van der Waals surface area contributed by atoms with Crippen molar-refractivity contribution in [2.45, 2.75) is 12.1 Å². The lowest BCUT2D eigenvalue weighted by Gasteiger charge is -2.32. The van der Waals surface area contributed by atoms with Gasteiger partial charge in [-0.05, 0) is 70.8 Å². The van der Waals surface area contributed by atoms with Crippen LogP contribution < -0.4 is 9.80 Å². The highest BCUT2D eigenvalue weighted by Gasteiger charge is 2.45.